The van der Waals surface area contributed by atoms with Gasteiger partial charge in [0.25, 0.3) is 0 Å². The number of hydrogen-bond donors (Lipinski definition) is 0. The molecule has 2 aromatic rings. The summed E-state index contributed by atoms with van der Waals surface area (Å²) in [4.78, 5) is 18.6. The first-order chi connectivity index (χ1) is 9.22. The zero-order valence-electron chi connectivity index (χ0n) is 10.9. The Balaban J connectivity index is 1.69. The van der Waals surface area contributed by atoms with Crippen LogP contribution in [-0.4, -0.2) is 22.3 Å². The van der Waals surface area contributed by atoms with Gasteiger partial charge in [-0.15, -0.1) is 11.3 Å². The number of benzene rings is 1. The molecule has 0 atom stereocenters. The highest BCUT2D eigenvalue weighted by Gasteiger charge is 2.20. The van der Waals surface area contributed by atoms with E-state index in [1.165, 1.54) is 11.1 Å². The van der Waals surface area contributed by atoms with Crippen molar-refractivity contribution in [2.45, 2.75) is 26.3 Å². The Bertz CT molecular complexity index is 606. The third-order valence-corrected chi connectivity index (χ3v) is 4.30. The molecule has 98 valence electrons. The second-order valence-electron chi connectivity index (χ2n) is 4.87. The van der Waals surface area contributed by atoms with E-state index in [1.54, 1.807) is 11.3 Å². The Labute approximate surface area is 116 Å². The molecule has 1 aliphatic heterocycles. The quantitative estimate of drug-likeness (QED) is 0.842. The van der Waals surface area contributed by atoms with Crippen LogP contribution in [0.5, 0.6) is 0 Å². The smallest absolute Gasteiger partial charge is 0.228 e. The van der Waals surface area contributed by atoms with E-state index in [0.29, 0.717) is 6.42 Å². The van der Waals surface area contributed by atoms with E-state index in [4.69, 9.17) is 0 Å². The Hall–Kier alpha value is -1.68. The minimum atomic E-state index is 0.180. The van der Waals surface area contributed by atoms with Gasteiger partial charge in [0, 0.05) is 18.5 Å². The van der Waals surface area contributed by atoms with Crippen molar-refractivity contribution in [1.82, 2.24) is 9.88 Å². The summed E-state index contributed by atoms with van der Waals surface area (Å²) in [6.07, 6.45) is 1.38. The maximum atomic E-state index is 12.3. The van der Waals surface area contributed by atoms with Crippen LogP contribution in [0.25, 0.3) is 0 Å². The van der Waals surface area contributed by atoms with E-state index in [1.807, 2.05) is 23.3 Å². The molecule has 1 aliphatic rings. The van der Waals surface area contributed by atoms with Crippen LogP contribution in [-0.2, 0) is 24.2 Å². The van der Waals surface area contributed by atoms with E-state index in [0.717, 1.165) is 30.2 Å². The van der Waals surface area contributed by atoms with Crippen LogP contribution in [0, 0.1) is 6.92 Å². The Morgan fingerprint density at radius 1 is 1.37 bits per heavy atom. The van der Waals surface area contributed by atoms with Gasteiger partial charge in [0.1, 0.15) is 0 Å². The van der Waals surface area contributed by atoms with Crippen molar-refractivity contribution in [2.75, 3.05) is 6.54 Å². The van der Waals surface area contributed by atoms with Gasteiger partial charge in [-0.05, 0) is 24.5 Å². The number of thiazole rings is 1. The van der Waals surface area contributed by atoms with Gasteiger partial charge in [0.2, 0.25) is 5.91 Å². The first-order valence-electron chi connectivity index (χ1n) is 6.48. The van der Waals surface area contributed by atoms with Gasteiger partial charge in [-0.1, -0.05) is 24.3 Å². The van der Waals surface area contributed by atoms with E-state index in [2.05, 4.69) is 23.2 Å². The van der Waals surface area contributed by atoms with Crippen LogP contribution in [0.3, 0.4) is 0 Å². The lowest BCUT2D eigenvalue weighted by Crippen LogP contribution is -2.36. The molecule has 1 aromatic heterocycles. The number of rotatable bonds is 2. The topological polar surface area (TPSA) is 33.2 Å². The molecule has 3 nitrogen and oxygen atoms in total. The van der Waals surface area contributed by atoms with Crippen LogP contribution < -0.4 is 0 Å². The molecule has 0 aliphatic carbocycles. The van der Waals surface area contributed by atoms with E-state index in [-0.39, 0.29) is 5.91 Å². The summed E-state index contributed by atoms with van der Waals surface area (Å²) >= 11 is 1.60. The first kappa shape index (κ1) is 12.4. The summed E-state index contributed by atoms with van der Waals surface area (Å²) in [5.41, 5.74) is 3.54. The molecule has 0 spiro atoms. The van der Waals surface area contributed by atoms with Crippen molar-refractivity contribution in [2.24, 2.45) is 0 Å². The normalized spacial score (nSPS) is 14.3. The summed E-state index contributed by atoms with van der Waals surface area (Å²) in [7, 11) is 0. The number of fused-ring (bicyclic) bond motifs is 1. The molecule has 0 N–H and O–H groups in total. The van der Waals surface area contributed by atoms with Crippen molar-refractivity contribution in [3.05, 3.63) is 51.5 Å². The fourth-order valence-corrected chi connectivity index (χ4v) is 3.08. The standard InChI is InChI=1S/C15H16N2OS/c1-11-16-14(10-19-11)8-15(18)17-7-6-12-4-2-3-5-13(12)9-17/h2-5,10H,6-9H2,1H3. The Morgan fingerprint density at radius 2 is 2.16 bits per heavy atom. The van der Waals surface area contributed by atoms with Gasteiger partial charge in [-0.3, -0.25) is 4.79 Å². The predicted octanol–water partition coefficient (Wildman–Crippen LogP) is 2.58. The molecule has 19 heavy (non-hydrogen) atoms. The van der Waals surface area contributed by atoms with Gasteiger partial charge in [-0.25, -0.2) is 4.98 Å². The molecular formula is C15H16N2OS. The Kier molecular flexibility index (Phi) is 3.34. The number of carbonyl (C=O) groups excluding carboxylic acids is 1. The van der Waals surface area contributed by atoms with Crippen LogP contribution >= 0.6 is 11.3 Å². The number of hydrogen-bond acceptors (Lipinski definition) is 3. The molecule has 1 aromatic carbocycles. The summed E-state index contributed by atoms with van der Waals surface area (Å²) in [5, 5.41) is 3.00. The maximum Gasteiger partial charge on any atom is 0.228 e. The molecule has 3 rings (SSSR count). The van der Waals surface area contributed by atoms with Crippen molar-refractivity contribution in [3.8, 4) is 0 Å². The second kappa shape index (κ2) is 5.13. The molecule has 4 heteroatoms. The number of nitrogens with zero attached hydrogens (tertiary/aromatic N) is 2. The van der Waals surface area contributed by atoms with Crippen LogP contribution in [0.1, 0.15) is 21.8 Å². The third kappa shape index (κ3) is 2.68. The fourth-order valence-electron chi connectivity index (χ4n) is 2.46. The van der Waals surface area contributed by atoms with Gasteiger partial charge >= 0.3 is 0 Å². The number of aromatic nitrogens is 1. The molecule has 1 amide bonds. The van der Waals surface area contributed by atoms with Crippen LogP contribution in [0.4, 0.5) is 0 Å². The second-order valence-corrected chi connectivity index (χ2v) is 5.93. The lowest BCUT2D eigenvalue weighted by molar-refractivity contribution is -0.131. The van der Waals surface area contributed by atoms with Crippen molar-refractivity contribution in [1.29, 1.82) is 0 Å². The lowest BCUT2D eigenvalue weighted by atomic mass is 10.00. The van der Waals surface area contributed by atoms with Crippen LogP contribution in [0.15, 0.2) is 29.6 Å². The van der Waals surface area contributed by atoms with E-state index >= 15 is 0 Å². The number of carbonyl (C=O) groups is 1. The average molecular weight is 272 g/mol. The van der Waals surface area contributed by atoms with Crippen LogP contribution in [0.2, 0.25) is 0 Å². The molecule has 0 saturated carbocycles. The zero-order valence-corrected chi connectivity index (χ0v) is 11.7. The van der Waals surface area contributed by atoms with Gasteiger partial charge in [0.15, 0.2) is 0 Å². The molecular weight excluding hydrogens is 256 g/mol. The summed E-state index contributed by atoms with van der Waals surface area (Å²) in [6.45, 7) is 3.52. The largest absolute Gasteiger partial charge is 0.338 e. The van der Waals surface area contributed by atoms with E-state index < -0.39 is 0 Å². The minimum Gasteiger partial charge on any atom is -0.338 e. The molecule has 0 bridgehead atoms. The average Bonchev–Trinajstić information content (AvgIpc) is 2.83. The summed E-state index contributed by atoms with van der Waals surface area (Å²) < 4.78 is 0. The third-order valence-electron chi connectivity index (χ3n) is 3.48. The molecule has 0 saturated heterocycles. The Morgan fingerprint density at radius 3 is 2.89 bits per heavy atom. The maximum absolute atomic E-state index is 12.3. The van der Waals surface area contributed by atoms with Crippen molar-refractivity contribution >= 4 is 17.2 Å². The zero-order chi connectivity index (χ0) is 13.2. The molecule has 0 fully saturated rings. The predicted molar refractivity (Wildman–Crippen MR) is 76.1 cm³/mol. The van der Waals surface area contributed by atoms with Gasteiger partial charge < -0.3 is 4.90 Å². The van der Waals surface area contributed by atoms with Gasteiger partial charge in [-0.2, -0.15) is 0 Å². The first-order valence-corrected chi connectivity index (χ1v) is 7.36. The molecule has 0 unspecified atom stereocenters. The summed E-state index contributed by atoms with van der Waals surface area (Å²) in [5.74, 6) is 0.180. The van der Waals surface area contributed by atoms with Crippen molar-refractivity contribution in [3.63, 3.8) is 0 Å². The minimum absolute atomic E-state index is 0.180. The lowest BCUT2D eigenvalue weighted by Gasteiger charge is -2.28. The highest BCUT2D eigenvalue weighted by atomic mass is 32.1. The number of amides is 1. The fraction of sp³-hybridized carbons (Fsp3) is 0.333. The molecule has 2 heterocycles. The van der Waals surface area contributed by atoms with E-state index in [9.17, 15) is 4.79 Å². The molecule has 0 radical (unpaired) electrons. The summed E-state index contributed by atoms with van der Waals surface area (Å²) in [6, 6.07) is 8.37. The highest BCUT2D eigenvalue weighted by Crippen LogP contribution is 2.19. The van der Waals surface area contributed by atoms with Crippen molar-refractivity contribution < 1.29 is 4.79 Å². The monoisotopic (exact) mass is 272 g/mol. The SMILES string of the molecule is Cc1nc(CC(=O)N2CCc3ccccc3C2)cs1. The van der Waals surface area contributed by atoms with Gasteiger partial charge in [0.05, 0.1) is 17.1 Å². The number of aryl methyl sites for hydroxylation is 1. The highest BCUT2D eigenvalue weighted by molar-refractivity contribution is 7.09.